The lowest BCUT2D eigenvalue weighted by Gasteiger charge is -2.29. The smallest absolute Gasteiger partial charge is 0.236 e. The summed E-state index contributed by atoms with van der Waals surface area (Å²) in [5, 5.41) is 3.27. The van der Waals surface area contributed by atoms with E-state index in [0.717, 1.165) is 6.54 Å². The molecule has 1 aliphatic carbocycles. The first-order valence-corrected chi connectivity index (χ1v) is 6.48. The molecule has 0 aromatic carbocycles. The second-order valence-electron chi connectivity index (χ2n) is 5.72. The largest absolute Gasteiger partial charge is 0.339 e. The van der Waals surface area contributed by atoms with Crippen LogP contribution in [0.15, 0.2) is 0 Å². The van der Waals surface area contributed by atoms with E-state index in [4.69, 9.17) is 0 Å². The van der Waals surface area contributed by atoms with Gasteiger partial charge in [0.2, 0.25) is 5.91 Å². The fourth-order valence-electron chi connectivity index (χ4n) is 2.30. The van der Waals surface area contributed by atoms with Crippen molar-refractivity contribution < 1.29 is 4.79 Å². The van der Waals surface area contributed by atoms with E-state index in [2.05, 4.69) is 33.0 Å². The molecule has 1 saturated carbocycles. The van der Waals surface area contributed by atoms with Gasteiger partial charge in [0.25, 0.3) is 0 Å². The Hall–Kier alpha value is -0.570. The zero-order chi connectivity index (χ0) is 12.2. The minimum absolute atomic E-state index is 0.0186. The standard InChI is InChI=1S/C13H26N2O/c1-5-15(11-8-6-7-9-11)12(16)10-14-13(2,3)4/h11,14H,5-10H2,1-4H3. The third kappa shape index (κ3) is 4.12. The number of carbonyl (C=O) groups excluding carboxylic acids is 1. The van der Waals surface area contributed by atoms with E-state index in [-0.39, 0.29) is 11.4 Å². The molecule has 0 bridgehead atoms. The molecule has 0 spiro atoms. The van der Waals surface area contributed by atoms with Crippen molar-refractivity contribution in [2.75, 3.05) is 13.1 Å². The van der Waals surface area contributed by atoms with Gasteiger partial charge in [-0.2, -0.15) is 0 Å². The predicted molar refractivity (Wildman–Crippen MR) is 67.4 cm³/mol. The maximum atomic E-state index is 12.1. The average Bonchev–Trinajstić information content (AvgIpc) is 2.68. The summed E-state index contributed by atoms with van der Waals surface area (Å²) in [4.78, 5) is 14.1. The van der Waals surface area contributed by atoms with E-state index in [0.29, 0.717) is 12.6 Å². The van der Waals surface area contributed by atoms with E-state index in [1.54, 1.807) is 0 Å². The van der Waals surface area contributed by atoms with Crippen LogP contribution < -0.4 is 5.32 Å². The van der Waals surface area contributed by atoms with Crippen LogP contribution in [0.2, 0.25) is 0 Å². The van der Waals surface area contributed by atoms with Gasteiger partial charge in [-0.3, -0.25) is 4.79 Å². The molecule has 0 atom stereocenters. The van der Waals surface area contributed by atoms with Crippen molar-refractivity contribution in [3.63, 3.8) is 0 Å². The first-order valence-electron chi connectivity index (χ1n) is 6.48. The van der Waals surface area contributed by atoms with Gasteiger partial charge in [-0.15, -0.1) is 0 Å². The zero-order valence-corrected chi connectivity index (χ0v) is 11.2. The second kappa shape index (κ2) is 5.67. The Balaban J connectivity index is 2.43. The predicted octanol–water partition coefficient (Wildman–Crippen LogP) is 2.17. The van der Waals surface area contributed by atoms with Gasteiger partial charge >= 0.3 is 0 Å². The molecule has 0 heterocycles. The number of nitrogens with one attached hydrogen (secondary N) is 1. The molecule has 1 N–H and O–H groups in total. The maximum absolute atomic E-state index is 12.1. The molecular weight excluding hydrogens is 200 g/mol. The fourth-order valence-corrected chi connectivity index (χ4v) is 2.30. The van der Waals surface area contributed by atoms with E-state index in [1.807, 2.05) is 4.90 Å². The first-order chi connectivity index (χ1) is 7.44. The van der Waals surface area contributed by atoms with Gasteiger partial charge in [-0.25, -0.2) is 0 Å². The highest BCUT2D eigenvalue weighted by Crippen LogP contribution is 2.23. The number of hydrogen-bond donors (Lipinski definition) is 1. The van der Waals surface area contributed by atoms with Crippen LogP contribution in [-0.4, -0.2) is 35.5 Å². The quantitative estimate of drug-likeness (QED) is 0.797. The Morgan fingerprint density at radius 3 is 2.31 bits per heavy atom. The fraction of sp³-hybridized carbons (Fsp3) is 0.923. The second-order valence-corrected chi connectivity index (χ2v) is 5.72. The number of likely N-dealkylation sites (N-methyl/N-ethyl adjacent to an activating group) is 1. The summed E-state index contributed by atoms with van der Waals surface area (Å²) >= 11 is 0. The summed E-state index contributed by atoms with van der Waals surface area (Å²) in [5.41, 5.74) is 0.0186. The minimum Gasteiger partial charge on any atom is -0.339 e. The molecule has 0 aromatic heterocycles. The molecule has 1 rings (SSSR count). The van der Waals surface area contributed by atoms with Gasteiger partial charge in [0.05, 0.1) is 6.54 Å². The van der Waals surface area contributed by atoms with Crippen LogP contribution in [0.1, 0.15) is 53.4 Å². The molecule has 3 heteroatoms. The van der Waals surface area contributed by atoms with E-state index in [1.165, 1.54) is 25.7 Å². The van der Waals surface area contributed by atoms with E-state index < -0.39 is 0 Å². The minimum atomic E-state index is 0.0186. The van der Waals surface area contributed by atoms with Gasteiger partial charge < -0.3 is 10.2 Å². The van der Waals surface area contributed by atoms with Crippen molar-refractivity contribution >= 4 is 5.91 Å². The lowest BCUT2D eigenvalue weighted by molar-refractivity contribution is -0.132. The molecular formula is C13H26N2O. The number of rotatable bonds is 4. The Morgan fingerprint density at radius 2 is 1.88 bits per heavy atom. The lowest BCUT2D eigenvalue weighted by Crippen LogP contribution is -2.47. The third-order valence-corrected chi connectivity index (χ3v) is 3.20. The number of amides is 1. The van der Waals surface area contributed by atoms with Gasteiger partial charge in [-0.1, -0.05) is 12.8 Å². The van der Waals surface area contributed by atoms with Gasteiger partial charge in [0.1, 0.15) is 0 Å². The molecule has 0 radical (unpaired) electrons. The van der Waals surface area contributed by atoms with Crippen molar-refractivity contribution in [3.8, 4) is 0 Å². The highest BCUT2D eigenvalue weighted by atomic mass is 16.2. The van der Waals surface area contributed by atoms with Crippen LogP contribution >= 0.6 is 0 Å². The van der Waals surface area contributed by atoms with Crippen LogP contribution in [0, 0.1) is 0 Å². The Kier molecular flexibility index (Phi) is 4.78. The summed E-state index contributed by atoms with van der Waals surface area (Å²) in [6, 6.07) is 0.499. The Bertz CT molecular complexity index is 227. The van der Waals surface area contributed by atoms with Crippen LogP contribution in [-0.2, 0) is 4.79 Å². The molecule has 3 nitrogen and oxygen atoms in total. The van der Waals surface area contributed by atoms with Gasteiger partial charge in [0, 0.05) is 18.1 Å². The number of nitrogens with zero attached hydrogens (tertiary/aromatic N) is 1. The highest BCUT2D eigenvalue weighted by molar-refractivity contribution is 5.78. The van der Waals surface area contributed by atoms with E-state index in [9.17, 15) is 4.79 Å². The summed E-state index contributed by atoms with van der Waals surface area (Å²) in [6.07, 6.45) is 4.94. The van der Waals surface area contributed by atoms with Crippen molar-refractivity contribution in [2.45, 2.75) is 65.0 Å². The highest BCUT2D eigenvalue weighted by Gasteiger charge is 2.25. The number of carbonyl (C=O) groups is 1. The van der Waals surface area contributed by atoms with Gasteiger partial charge in [-0.05, 0) is 40.5 Å². The first kappa shape index (κ1) is 13.5. The number of hydrogen-bond acceptors (Lipinski definition) is 2. The lowest BCUT2D eigenvalue weighted by atomic mass is 10.1. The molecule has 1 amide bonds. The zero-order valence-electron chi connectivity index (χ0n) is 11.2. The van der Waals surface area contributed by atoms with Crippen LogP contribution in [0.5, 0.6) is 0 Å². The van der Waals surface area contributed by atoms with Gasteiger partial charge in [0.15, 0.2) is 0 Å². The monoisotopic (exact) mass is 226 g/mol. The normalized spacial score (nSPS) is 17.8. The van der Waals surface area contributed by atoms with Crippen LogP contribution in [0.25, 0.3) is 0 Å². The molecule has 1 fully saturated rings. The van der Waals surface area contributed by atoms with Crippen molar-refractivity contribution in [2.24, 2.45) is 0 Å². The topological polar surface area (TPSA) is 32.3 Å². The van der Waals surface area contributed by atoms with Crippen molar-refractivity contribution in [1.82, 2.24) is 10.2 Å². The van der Waals surface area contributed by atoms with Crippen molar-refractivity contribution in [1.29, 1.82) is 0 Å². The molecule has 1 aliphatic rings. The summed E-state index contributed by atoms with van der Waals surface area (Å²) in [7, 11) is 0. The summed E-state index contributed by atoms with van der Waals surface area (Å²) < 4.78 is 0. The maximum Gasteiger partial charge on any atom is 0.236 e. The molecule has 16 heavy (non-hydrogen) atoms. The molecule has 0 unspecified atom stereocenters. The molecule has 0 aromatic rings. The molecule has 0 aliphatic heterocycles. The Morgan fingerprint density at radius 1 is 1.31 bits per heavy atom. The van der Waals surface area contributed by atoms with E-state index >= 15 is 0 Å². The molecule has 0 saturated heterocycles. The van der Waals surface area contributed by atoms with Crippen LogP contribution in [0.4, 0.5) is 0 Å². The summed E-state index contributed by atoms with van der Waals surface area (Å²) in [6.45, 7) is 9.65. The molecule has 94 valence electrons. The van der Waals surface area contributed by atoms with Crippen LogP contribution in [0.3, 0.4) is 0 Å². The summed E-state index contributed by atoms with van der Waals surface area (Å²) in [5.74, 6) is 0.254. The third-order valence-electron chi connectivity index (χ3n) is 3.20. The SMILES string of the molecule is CCN(C(=O)CNC(C)(C)C)C1CCCC1. The van der Waals surface area contributed by atoms with Crippen molar-refractivity contribution in [3.05, 3.63) is 0 Å². The Labute approximate surface area is 99.6 Å². The average molecular weight is 226 g/mol.